The summed E-state index contributed by atoms with van der Waals surface area (Å²) in [5.41, 5.74) is 0.142. The van der Waals surface area contributed by atoms with Crippen LogP contribution in [-0.2, 0) is 33.4 Å². The van der Waals surface area contributed by atoms with Gasteiger partial charge in [-0.05, 0) is 61.0 Å². The molecule has 4 rings (SSSR count). The van der Waals surface area contributed by atoms with E-state index in [2.05, 4.69) is 13.8 Å². The molecule has 36 heavy (non-hydrogen) atoms. The molecule has 9 atom stereocenters. The molecule has 0 aromatic carbocycles. The van der Waals surface area contributed by atoms with Crippen LogP contribution < -0.4 is 0 Å². The quantitative estimate of drug-likeness (QED) is 0.417. The lowest BCUT2D eigenvalue weighted by molar-refractivity contribution is -0.198. The Balaban J connectivity index is 1.63. The number of methoxy groups -OCH3 is 1. The van der Waals surface area contributed by atoms with E-state index in [0.717, 1.165) is 18.4 Å². The van der Waals surface area contributed by atoms with Crippen LogP contribution in [-0.4, -0.2) is 54.7 Å². The van der Waals surface area contributed by atoms with Crippen molar-refractivity contribution in [3.8, 4) is 0 Å². The van der Waals surface area contributed by atoms with Gasteiger partial charge in [0.05, 0.1) is 6.10 Å². The minimum absolute atomic E-state index is 0.00914. The van der Waals surface area contributed by atoms with E-state index in [1.54, 1.807) is 19.1 Å². The van der Waals surface area contributed by atoms with E-state index in [1.807, 2.05) is 13.0 Å². The van der Waals surface area contributed by atoms with Crippen LogP contribution in [0.1, 0.15) is 59.8 Å². The Hall–Kier alpha value is -2.32. The van der Waals surface area contributed by atoms with Crippen molar-refractivity contribution in [1.82, 2.24) is 0 Å². The maximum atomic E-state index is 13.7. The highest BCUT2D eigenvalue weighted by atomic mass is 16.7. The minimum Gasteiger partial charge on any atom is -0.417 e. The normalized spacial score (nSPS) is 39.8. The lowest BCUT2D eigenvalue weighted by Gasteiger charge is -2.60. The van der Waals surface area contributed by atoms with E-state index in [-0.39, 0.29) is 42.5 Å². The summed E-state index contributed by atoms with van der Waals surface area (Å²) < 4.78 is 15.3. The number of fused-ring (bicyclic) bond motifs is 5. The largest absolute Gasteiger partial charge is 0.417 e. The summed E-state index contributed by atoms with van der Waals surface area (Å²) >= 11 is 0. The summed E-state index contributed by atoms with van der Waals surface area (Å²) in [6.07, 6.45) is 5.68. The second-order valence-electron chi connectivity index (χ2n) is 11.5. The second kappa shape index (κ2) is 9.86. The zero-order valence-electron chi connectivity index (χ0n) is 21.8. The second-order valence-corrected chi connectivity index (χ2v) is 11.5. The average molecular weight is 503 g/mol. The summed E-state index contributed by atoms with van der Waals surface area (Å²) in [6, 6.07) is 0. The highest BCUT2D eigenvalue weighted by molar-refractivity contribution is 6.01. The molecule has 0 aliphatic heterocycles. The fraction of sp³-hybridized carbons (Fsp3) is 0.714. The van der Waals surface area contributed by atoms with Crippen LogP contribution in [0.25, 0.3) is 0 Å². The molecule has 0 bridgehead atoms. The van der Waals surface area contributed by atoms with Gasteiger partial charge < -0.3 is 19.3 Å². The predicted molar refractivity (Wildman–Crippen MR) is 129 cm³/mol. The third kappa shape index (κ3) is 4.36. The first-order valence-corrected chi connectivity index (χ1v) is 13.0. The van der Waals surface area contributed by atoms with Gasteiger partial charge in [-0.15, -0.1) is 0 Å². The van der Waals surface area contributed by atoms with Crippen molar-refractivity contribution >= 4 is 23.5 Å². The van der Waals surface area contributed by atoms with E-state index in [0.29, 0.717) is 12.8 Å². The Morgan fingerprint density at radius 3 is 2.53 bits per heavy atom. The number of allylic oxidation sites excluding steroid dienone is 4. The van der Waals surface area contributed by atoms with Gasteiger partial charge in [0.1, 0.15) is 6.61 Å². The third-order valence-electron chi connectivity index (χ3n) is 9.42. The Morgan fingerprint density at radius 1 is 1.17 bits per heavy atom. The van der Waals surface area contributed by atoms with Crippen LogP contribution in [0.15, 0.2) is 23.8 Å². The van der Waals surface area contributed by atoms with Crippen LogP contribution >= 0.6 is 0 Å². The number of aliphatic hydroxyl groups is 1. The molecule has 0 amide bonds. The number of esters is 2. The number of hydrogen-bond donors (Lipinski definition) is 1. The molecule has 8 nitrogen and oxygen atoms in total. The molecule has 3 fully saturated rings. The smallest absolute Gasteiger partial charge is 0.335 e. The van der Waals surface area contributed by atoms with Gasteiger partial charge in [0, 0.05) is 30.8 Å². The van der Waals surface area contributed by atoms with Crippen LogP contribution in [0.3, 0.4) is 0 Å². The molecule has 0 spiro atoms. The van der Waals surface area contributed by atoms with Gasteiger partial charge >= 0.3 is 18.2 Å². The number of hydrogen-bond acceptors (Lipinski definition) is 8. The predicted octanol–water partition coefficient (Wildman–Crippen LogP) is 3.17. The van der Waals surface area contributed by atoms with Crippen molar-refractivity contribution in [3.63, 3.8) is 0 Å². The highest BCUT2D eigenvalue weighted by Gasteiger charge is 2.64. The Labute approximate surface area is 212 Å². The Kier molecular flexibility index (Phi) is 7.32. The van der Waals surface area contributed by atoms with Crippen LogP contribution in [0.2, 0.25) is 0 Å². The van der Waals surface area contributed by atoms with Gasteiger partial charge in [0.15, 0.2) is 5.78 Å². The summed E-state index contributed by atoms with van der Waals surface area (Å²) in [5.74, 6) is -1.91. The number of Topliss-reactive ketones (excluding diaryl/α,β-unsaturated/α-hetero) is 1. The monoisotopic (exact) mass is 502 g/mol. The first-order chi connectivity index (χ1) is 17.0. The van der Waals surface area contributed by atoms with E-state index in [4.69, 9.17) is 14.2 Å². The number of aliphatic hydroxyl groups excluding tert-OH is 1. The van der Waals surface area contributed by atoms with E-state index >= 15 is 0 Å². The Bertz CT molecular complexity index is 998. The number of carbonyl (C=O) groups is 4. The fourth-order valence-electron chi connectivity index (χ4n) is 8.00. The molecule has 198 valence electrons. The first-order valence-electron chi connectivity index (χ1n) is 13.0. The SMILES string of the molecule is CCC(=O)OC(OC(=O)COC)C(=O)[C@H]1CC[C@H]2[C@@H]3C[C@H](C)C4=CC(=O)C=C[C@]4(C)[C@H]3[C@@H](O)C[C@]12C. The maximum Gasteiger partial charge on any atom is 0.335 e. The number of ketones is 2. The number of carbonyl (C=O) groups excluding carboxylic acids is 4. The Morgan fingerprint density at radius 2 is 1.86 bits per heavy atom. The molecule has 0 aromatic rings. The van der Waals surface area contributed by atoms with Crippen LogP contribution in [0.4, 0.5) is 0 Å². The topological polar surface area (TPSA) is 116 Å². The highest BCUT2D eigenvalue weighted by Crippen LogP contribution is 2.67. The maximum absolute atomic E-state index is 13.7. The molecule has 3 saturated carbocycles. The van der Waals surface area contributed by atoms with E-state index in [9.17, 15) is 24.3 Å². The van der Waals surface area contributed by atoms with Crippen molar-refractivity contribution in [3.05, 3.63) is 23.8 Å². The van der Waals surface area contributed by atoms with Crippen molar-refractivity contribution < 1.29 is 38.5 Å². The van der Waals surface area contributed by atoms with Gasteiger partial charge in [-0.25, -0.2) is 4.79 Å². The summed E-state index contributed by atoms with van der Waals surface area (Å²) in [6.45, 7) is 7.54. The molecule has 0 radical (unpaired) electrons. The van der Waals surface area contributed by atoms with Gasteiger partial charge in [0.2, 0.25) is 5.78 Å². The zero-order chi connectivity index (χ0) is 26.4. The van der Waals surface area contributed by atoms with Gasteiger partial charge in [-0.1, -0.05) is 39.3 Å². The van der Waals surface area contributed by atoms with Crippen LogP contribution in [0.5, 0.6) is 0 Å². The fourth-order valence-corrected chi connectivity index (χ4v) is 8.00. The van der Waals surface area contributed by atoms with Gasteiger partial charge in [0.25, 0.3) is 0 Å². The molecular formula is C28H38O8. The molecule has 4 aliphatic rings. The summed E-state index contributed by atoms with van der Waals surface area (Å²) in [5, 5.41) is 11.6. The first kappa shape index (κ1) is 26.7. The molecule has 1 unspecified atom stereocenters. The third-order valence-corrected chi connectivity index (χ3v) is 9.42. The molecule has 8 heteroatoms. The van der Waals surface area contributed by atoms with Crippen molar-refractivity contribution in [2.45, 2.75) is 72.2 Å². The molecule has 0 heterocycles. The number of ether oxygens (including phenoxy) is 3. The van der Waals surface area contributed by atoms with E-state index in [1.165, 1.54) is 7.11 Å². The van der Waals surface area contributed by atoms with Gasteiger partial charge in [-0.3, -0.25) is 14.4 Å². The molecular weight excluding hydrogens is 464 g/mol. The van der Waals surface area contributed by atoms with Crippen molar-refractivity contribution in [2.24, 2.45) is 40.4 Å². The van der Waals surface area contributed by atoms with Crippen LogP contribution in [0, 0.1) is 40.4 Å². The molecule has 4 aliphatic carbocycles. The summed E-state index contributed by atoms with van der Waals surface area (Å²) in [7, 11) is 1.34. The molecule has 0 aromatic heterocycles. The van der Waals surface area contributed by atoms with E-state index < -0.39 is 46.9 Å². The van der Waals surface area contributed by atoms with Crippen molar-refractivity contribution in [2.75, 3.05) is 13.7 Å². The lowest BCUT2D eigenvalue weighted by Crippen LogP contribution is -2.58. The molecule has 0 saturated heterocycles. The standard InChI is InChI=1S/C28H38O8/c1-6-22(31)35-26(36-23(32)14-34-5)25(33)19-8-7-18-17-11-15(2)20-12-16(29)9-10-27(20,3)24(17)21(30)13-28(18,19)4/h9-10,12,15,17-19,21,24,26,30H,6-8,11,13-14H2,1-5H3/t15-,17-,18-,19+,21-,24+,26?,27-,28-/m0/s1. The van der Waals surface area contributed by atoms with Gasteiger partial charge in [-0.2, -0.15) is 0 Å². The lowest BCUT2D eigenvalue weighted by atomic mass is 9.45. The molecule has 1 N–H and O–H groups in total. The average Bonchev–Trinajstić information content (AvgIpc) is 3.15. The number of rotatable bonds is 7. The van der Waals surface area contributed by atoms with Crippen molar-refractivity contribution in [1.29, 1.82) is 0 Å². The zero-order valence-corrected chi connectivity index (χ0v) is 21.8. The summed E-state index contributed by atoms with van der Waals surface area (Å²) in [4.78, 5) is 50.0. The minimum atomic E-state index is -1.62.